The number of aliphatic hydroxyl groups is 1. The van der Waals surface area contributed by atoms with Crippen molar-refractivity contribution in [2.75, 3.05) is 36.6 Å². The highest BCUT2D eigenvalue weighted by Gasteiger charge is 2.27. The number of rotatable bonds is 5. The van der Waals surface area contributed by atoms with Crippen molar-refractivity contribution in [3.63, 3.8) is 0 Å². The Morgan fingerprint density at radius 3 is 2.74 bits per heavy atom. The Bertz CT molecular complexity index is 1330. The summed E-state index contributed by atoms with van der Waals surface area (Å²) in [7, 11) is 0. The van der Waals surface area contributed by atoms with E-state index < -0.39 is 0 Å². The lowest BCUT2D eigenvalue weighted by Crippen LogP contribution is -2.34. The summed E-state index contributed by atoms with van der Waals surface area (Å²) in [5, 5.41) is 18.4. The van der Waals surface area contributed by atoms with Crippen molar-refractivity contribution in [1.29, 1.82) is 0 Å². The predicted octanol–water partition coefficient (Wildman–Crippen LogP) is 3.20. The van der Waals surface area contributed by atoms with E-state index >= 15 is 0 Å². The van der Waals surface area contributed by atoms with Crippen molar-refractivity contribution in [3.8, 4) is 11.4 Å². The molecule has 0 unspecified atom stereocenters. The number of benzene rings is 1. The fourth-order valence-electron chi connectivity index (χ4n) is 5.05. The van der Waals surface area contributed by atoms with Gasteiger partial charge in [-0.3, -0.25) is 0 Å². The SMILES string of the molecule is Cc1nc2ccccc2nc1-c1cc2nc(N3CCC[C@H]3CO)cc(N[C@@H]3CCCOC3)n2n1. The van der Waals surface area contributed by atoms with Crippen LogP contribution in [0.1, 0.15) is 31.4 Å². The number of hydrogen-bond acceptors (Lipinski definition) is 8. The van der Waals surface area contributed by atoms with Crippen molar-refractivity contribution in [2.45, 2.75) is 44.7 Å². The van der Waals surface area contributed by atoms with Crippen LogP contribution in [0.5, 0.6) is 0 Å². The molecule has 6 rings (SSSR count). The van der Waals surface area contributed by atoms with E-state index in [1.807, 2.05) is 47.8 Å². The number of ether oxygens (including phenoxy) is 1. The number of hydrogen-bond donors (Lipinski definition) is 2. The Morgan fingerprint density at radius 1 is 1.09 bits per heavy atom. The first-order valence-corrected chi connectivity index (χ1v) is 12.1. The van der Waals surface area contributed by atoms with Crippen LogP contribution in [-0.2, 0) is 4.74 Å². The van der Waals surface area contributed by atoms with Crippen LogP contribution in [0.4, 0.5) is 11.6 Å². The summed E-state index contributed by atoms with van der Waals surface area (Å²) < 4.78 is 7.55. The van der Waals surface area contributed by atoms with Crippen LogP contribution in [0.3, 0.4) is 0 Å². The van der Waals surface area contributed by atoms with Gasteiger partial charge in [-0.15, -0.1) is 0 Å². The van der Waals surface area contributed by atoms with E-state index in [0.29, 0.717) is 6.61 Å². The predicted molar refractivity (Wildman–Crippen MR) is 131 cm³/mol. The summed E-state index contributed by atoms with van der Waals surface area (Å²) in [6.45, 7) is 4.46. The molecule has 2 fully saturated rings. The summed E-state index contributed by atoms with van der Waals surface area (Å²) in [4.78, 5) is 16.7. The third kappa shape index (κ3) is 3.84. The van der Waals surface area contributed by atoms with E-state index in [2.05, 4.69) is 10.2 Å². The average molecular weight is 460 g/mol. The number of aryl methyl sites for hydroxylation is 1. The van der Waals surface area contributed by atoms with Gasteiger partial charge in [0, 0.05) is 25.3 Å². The van der Waals surface area contributed by atoms with Gasteiger partial charge in [-0.25, -0.2) is 15.0 Å². The smallest absolute Gasteiger partial charge is 0.160 e. The van der Waals surface area contributed by atoms with Crippen LogP contribution in [0.2, 0.25) is 0 Å². The lowest BCUT2D eigenvalue weighted by molar-refractivity contribution is 0.0874. The molecule has 0 aliphatic carbocycles. The molecule has 34 heavy (non-hydrogen) atoms. The zero-order valence-corrected chi connectivity index (χ0v) is 19.3. The molecular weight excluding hydrogens is 430 g/mol. The van der Waals surface area contributed by atoms with Crippen molar-refractivity contribution in [2.24, 2.45) is 0 Å². The van der Waals surface area contributed by atoms with Crippen LogP contribution < -0.4 is 10.2 Å². The molecule has 9 heteroatoms. The standard InChI is InChI=1S/C25H29N7O2/c1-16-25(28-20-9-3-2-8-19(20)26-16)21-12-23-29-22(31-10-4-7-18(31)14-33)13-24(32(23)30-21)27-17-6-5-11-34-15-17/h2-3,8-9,12-13,17-18,27,33H,4-7,10-11,14-15H2,1H3/t17-,18+/m1/s1. The van der Waals surface area contributed by atoms with Gasteiger partial charge < -0.3 is 20.1 Å². The Balaban J connectivity index is 1.46. The normalized spacial score (nSPS) is 20.9. The van der Waals surface area contributed by atoms with Gasteiger partial charge in [-0.1, -0.05) is 12.1 Å². The fourth-order valence-corrected chi connectivity index (χ4v) is 5.05. The zero-order valence-electron chi connectivity index (χ0n) is 19.3. The van der Waals surface area contributed by atoms with Gasteiger partial charge >= 0.3 is 0 Å². The van der Waals surface area contributed by atoms with Crippen LogP contribution in [0, 0.1) is 6.92 Å². The molecule has 5 heterocycles. The number of fused-ring (bicyclic) bond motifs is 2. The molecule has 2 saturated heterocycles. The number of anilines is 2. The van der Waals surface area contributed by atoms with Crippen molar-refractivity contribution in [1.82, 2.24) is 24.6 Å². The molecule has 2 aliphatic heterocycles. The van der Waals surface area contributed by atoms with E-state index in [1.54, 1.807) is 0 Å². The second kappa shape index (κ2) is 8.81. The van der Waals surface area contributed by atoms with E-state index in [-0.39, 0.29) is 18.7 Å². The van der Waals surface area contributed by atoms with E-state index in [1.165, 1.54) is 0 Å². The van der Waals surface area contributed by atoms with E-state index in [9.17, 15) is 5.11 Å². The molecule has 3 aromatic heterocycles. The Kier molecular flexibility index (Phi) is 5.50. The molecule has 2 N–H and O–H groups in total. The first-order chi connectivity index (χ1) is 16.7. The molecule has 176 valence electrons. The molecule has 0 radical (unpaired) electrons. The molecule has 2 atom stereocenters. The maximum absolute atomic E-state index is 9.88. The summed E-state index contributed by atoms with van der Waals surface area (Å²) >= 11 is 0. The molecule has 4 aromatic rings. The third-order valence-electron chi connectivity index (χ3n) is 6.80. The Labute approximate surface area is 197 Å². The summed E-state index contributed by atoms with van der Waals surface area (Å²) in [5.41, 5.74) is 4.78. The number of para-hydroxylation sites is 2. The molecule has 0 spiro atoms. The molecule has 1 aromatic carbocycles. The summed E-state index contributed by atoms with van der Waals surface area (Å²) in [6.07, 6.45) is 4.10. The minimum atomic E-state index is 0.0943. The molecule has 0 saturated carbocycles. The second-order valence-electron chi connectivity index (χ2n) is 9.18. The monoisotopic (exact) mass is 459 g/mol. The number of aromatic nitrogens is 5. The minimum Gasteiger partial charge on any atom is -0.394 e. The fraction of sp³-hybridized carbons (Fsp3) is 0.440. The topological polar surface area (TPSA) is 101 Å². The van der Waals surface area contributed by atoms with E-state index in [0.717, 1.165) is 84.2 Å². The van der Waals surface area contributed by atoms with Crippen molar-refractivity contribution in [3.05, 3.63) is 42.1 Å². The first kappa shape index (κ1) is 21.2. The summed E-state index contributed by atoms with van der Waals surface area (Å²) in [6, 6.07) is 12.2. The van der Waals surface area contributed by atoms with E-state index in [4.69, 9.17) is 24.8 Å². The van der Waals surface area contributed by atoms with Gasteiger partial charge in [-0.2, -0.15) is 9.61 Å². The molecule has 2 aliphatic rings. The highest BCUT2D eigenvalue weighted by atomic mass is 16.5. The second-order valence-corrected chi connectivity index (χ2v) is 9.18. The number of nitrogens with zero attached hydrogens (tertiary/aromatic N) is 6. The maximum atomic E-state index is 9.88. The van der Waals surface area contributed by atoms with Gasteiger partial charge in [0.15, 0.2) is 5.65 Å². The summed E-state index contributed by atoms with van der Waals surface area (Å²) in [5.74, 6) is 1.73. The zero-order chi connectivity index (χ0) is 23.1. The van der Waals surface area contributed by atoms with Crippen LogP contribution in [0.15, 0.2) is 36.4 Å². The molecule has 0 bridgehead atoms. The Morgan fingerprint density at radius 2 is 1.94 bits per heavy atom. The molecule has 9 nitrogen and oxygen atoms in total. The number of aliphatic hydroxyl groups excluding tert-OH is 1. The highest BCUT2D eigenvalue weighted by Crippen LogP contribution is 2.30. The quantitative estimate of drug-likeness (QED) is 0.469. The first-order valence-electron chi connectivity index (χ1n) is 12.1. The average Bonchev–Trinajstić information content (AvgIpc) is 3.51. The molecular formula is C25H29N7O2. The van der Waals surface area contributed by atoms with Gasteiger partial charge in [0.2, 0.25) is 0 Å². The minimum absolute atomic E-state index is 0.0943. The third-order valence-corrected chi connectivity index (χ3v) is 6.80. The number of nitrogens with one attached hydrogen (secondary N) is 1. The highest BCUT2D eigenvalue weighted by molar-refractivity contribution is 5.78. The lowest BCUT2D eigenvalue weighted by Gasteiger charge is -2.27. The van der Waals surface area contributed by atoms with Gasteiger partial charge in [0.05, 0.1) is 42.0 Å². The van der Waals surface area contributed by atoms with Gasteiger partial charge in [-0.05, 0) is 44.7 Å². The van der Waals surface area contributed by atoms with Gasteiger partial charge in [0.25, 0.3) is 0 Å². The van der Waals surface area contributed by atoms with Crippen LogP contribution in [0.25, 0.3) is 28.1 Å². The molecule has 0 amide bonds. The maximum Gasteiger partial charge on any atom is 0.160 e. The van der Waals surface area contributed by atoms with Crippen molar-refractivity contribution >= 4 is 28.3 Å². The van der Waals surface area contributed by atoms with Gasteiger partial charge in [0.1, 0.15) is 23.0 Å². The largest absolute Gasteiger partial charge is 0.394 e. The van der Waals surface area contributed by atoms with Crippen molar-refractivity contribution < 1.29 is 9.84 Å². The van der Waals surface area contributed by atoms with Crippen LogP contribution >= 0.6 is 0 Å². The lowest BCUT2D eigenvalue weighted by atomic mass is 10.1. The Hall–Kier alpha value is -3.30. The van der Waals surface area contributed by atoms with Crippen LogP contribution in [-0.4, -0.2) is 68.1 Å².